The van der Waals surface area contributed by atoms with Crippen LogP contribution in [0.25, 0.3) is 0 Å². The van der Waals surface area contributed by atoms with Crippen molar-refractivity contribution in [3.05, 3.63) is 57.6 Å². The first-order valence-corrected chi connectivity index (χ1v) is 9.17. The summed E-state index contributed by atoms with van der Waals surface area (Å²) in [6.07, 6.45) is -0.0777. The molecule has 0 saturated carbocycles. The second-order valence-corrected chi connectivity index (χ2v) is 7.03. The van der Waals surface area contributed by atoms with Gasteiger partial charge in [-0.1, -0.05) is 35.3 Å². The van der Waals surface area contributed by atoms with E-state index in [0.717, 1.165) is 5.56 Å². The van der Waals surface area contributed by atoms with Gasteiger partial charge >= 0.3 is 5.97 Å². The quantitative estimate of drug-likeness (QED) is 0.432. The molecular formula is C19H22Cl2N2O4. The summed E-state index contributed by atoms with van der Waals surface area (Å²) in [5.41, 5.74) is 2.01. The summed E-state index contributed by atoms with van der Waals surface area (Å²) in [5.74, 6) is -0.849. The molecule has 0 saturated heterocycles. The Morgan fingerprint density at radius 2 is 1.74 bits per heavy atom. The summed E-state index contributed by atoms with van der Waals surface area (Å²) in [6, 6.07) is 9.71. The van der Waals surface area contributed by atoms with Gasteiger partial charge in [0.05, 0.1) is 21.8 Å². The number of carboxylic acid groups (broad SMARTS) is 1. The maximum absolute atomic E-state index is 10.7. The van der Waals surface area contributed by atoms with Gasteiger partial charge in [0, 0.05) is 6.04 Å². The van der Waals surface area contributed by atoms with Crippen molar-refractivity contribution in [3.63, 3.8) is 0 Å². The van der Waals surface area contributed by atoms with Crippen LogP contribution in [0, 0.1) is 0 Å². The zero-order chi connectivity index (χ0) is 20.0. The molecule has 5 N–H and O–H groups in total. The third-order valence-corrected chi connectivity index (χ3v) is 4.70. The summed E-state index contributed by atoms with van der Waals surface area (Å²) in [7, 11) is 0. The minimum atomic E-state index is -1.00. The maximum atomic E-state index is 10.7. The van der Waals surface area contributed by atoms with Crippen LogP contribution in [0.1, 0.15) is 24.2 Å². The first-order valence-electron chi connectivity index (χ1n) is 8.42. The highest BCUT2D eigenvalue weighted by Crippen LogP contribution is 2.32. The fraction of sp³-hybridized carbons (Fsp3) is 0.316. The molecule has 8 heteroatoms. The van der Waals surface area contributed by atoms with E-state index in [-0.39, 0.29) is 18.3 Å². The standard InChI is InChI=1S/C19H22Cl2N2O4/c1-11(19(27)13-2-4-14(24)5-3-13)22-7-6-12-8-15(20)18(16(21)9-12)23-10-17(25)26/h2-5,8-9,11,19,22-24,27H,6-7,10H2,1H3,(H,25,26)/t11-,19-/m0/s1. The van der Waals surface area contributed by atoms with Crippen LogP contribution < -0.4 is 10.6 Å². The number of aliphatic hydroxyl groups is 1. The number of phenols is 1. The van der Waals surface area contributed by atoms with E-state index in [4.69, 9.17) is 28.3 Å². The number of carbonyl (C=O) groups is 1. The molecule has 27 heavy (non-hydrogen) atoms. The van der Waals surface area contributed by atoms with E-state index < -0.39 is 12.1 Å². The SMILES string of the molecule is C[C@H](NCCc1cc(Cl)c(NCC(=O)O)c(Cl)c1)[C@H](O)c1ccc(O)cc1. The number of aliphatic carboxylic acids is 1. The minimum absolute atomic E-state index is 0.154. The van der Waals surface area contributed by atoms with Crippen molar-refractivity contribution in [1.29, 1.82) is 0 Å². The van der Waals surface area contributed by atoms with Crippen LogP contribution in [-0.2, 0) is 11.2 Å². The molecule has 0 aromatic heterocycles. The zero-order valence-corrected chi connectivity index (χ0v) is 16.3. The van der Waals surface area contributed by atoms with Crippen LogP contribution in [0.15, 0.2) is 36.4 Å². The van der Waals surface area contributed by atoms with Gasteiger partial charge in [0.1, 0.15) is 12.3 Å². The van der Waals surface area contributed by atoms with Gasteiger partial charge < -0.3 is 26.0 Å². The summed E-state index contributed by atoms with van der Waals surface area (Å²) in [4.78, 5) is 10.7. The van der Waals surface area contributed by atoms with Gasteiger partial charge in [-0.15, -0.1) is 0 Å². The molecule has 0 fully saturated rings. The van der Waals surface area contributed by atoms with E-state index in [2.05, 4.69) is 10.6 Å². The van der Waals surface area contributed by atoms with Crippen molar-refractivity contribution in [3.8, 4) is 5.75 Å². The largest absolute Gasteiger partial charge is 0.508 e. The van der Waals surface area contributed by atoms with Gasteiger partial charge in [-0.3, -0.25) is 4.79 Å². The van der Waals surface area contributed by atoms with Crippen molar-refractivity contribution in [1.82, 2.24) is 5.32 Å². The summed E-state index contributed by atoms with van der Waals surface area (Å²) >= 11 is 12.4. The first-order chi connectivity index (χ1) is 12.8. The second kappa shape index (κ2) is 9.80. The van der Waals surface area contributed by atoms with Crippen molar-refractivity contribution >= 4 is 34.9 Å². The molecule has 0 bridgehead atoms. The van der Waals surface area contributed by atoms with Gasteiger partial charge in [-0.25, -0.2) is 0 Å². The number of carboxylic acids is 1. The normalized spacial score (nSPS) is 13.2. The highest BCUT2D eigenvalue weighted by Gasteiger charge is 2.16. The van der Waals surface area contributed by atoms with Gasteiger partial charge in [0.15, 0.2) is 0 Å². The van der Waals surface area contributed by atoms with E-state index in [1.165, 1.54) is 12.1 Å². The molecule has 0 aliphatic heterocycles. The topological polar surface area (TPSA) is 102 Å². The van der Waals surface area contributed by atoms with Gasteiger partial charge in [-0.2, -0.15) is 0 Å². The lowest BCUT2D eigenvalue weighted by atomic mass is 10.0. The maximum Gasteiger partial charge on any atom is 0.322 e. The van der Waals surface area contributed by atoms with E-state index in [1.54, 1.807) is 24.3 Å². The van der Waals surface area contributed by atoms with Crippen molar-refractivity contribution in [2.45, 2.75) is 25.5 Å². The number of aromatic hydroxyl groups is 1. The molecule has 2 aromatic carbocycles. The Morgan fingerprint density at radius 3 is 2.30 bits per heavy atom. The molecule has 146 valence electrons. The van der Waals surface area contributed by atoms with Crippen LogP contribution in [0.2, 0.25) is 10.0 Å². The molecule has 0 aliphatic rings. The molecule has 6 nitrogen and oxygen atoms in total. The molecule has 0 spiro atoms. The third kappa shape index (κ3) is 6.29. The second-order valence-electron chi connectivity index (χ2n) is 6.21. The van der Waals surface area contributed by atoms with Crippen LogP contribution in [0.3, 0.4) is 0 Å². The summed E-state index contributed by atoms with van der Waals surface area (Å²) in [5, 5.41) is 35.1. The number of halogens is 2. The number of aliphatic hydroxyl groups excluding tert-OH is 1. The predicted octanol–water partition coefficient (Wildman–Crippen LogP) is 3.45. The van der Waals surface area contributed by atoms with Crippen LogP contribution in [0.5, 0.6) is 5.75 Å². The molecule has 2 aromatic rings. The average molecular weight is 413 g/mol. The average Bonchev–Trinajstić information content (AvgIpc) is 2.60. The number of benzene rings is 2. The van der Waals surface area contributed by atoms with Crippen molar-refractivity contribution in [2.24, 2.45) is 0 Å². The van der Waals surface area contributed by atoms with Crippen LogP contribution >= 0.6 is 23.2 Å². The van der Waals surface area contributed by atoms with E-state index >= 15 is 0 Å². The Hall–Kier alpha value is -1.99. The molecule has 0 unspecified atom stereocenters. The highest BCUT2D eigenvalue weighted by atomic mass is 35.5. The zero-order valence-electron chi connectivity index (χ0n) is 14.7. The smallest absolute Gasteiger partial charge is 0.322 e. The number of hydrogen-bond donors (Lipinski definition) is 5. The van der Waals surface area contributed by atoms with Crippen molar-refractivity contribution < 1.29 is 20.1 Å². The Kier molecular flexibility index (Phi) is 7.74. The molecular weight excluding hydrogens is 391 g/mol. The fourth-order valence-electron chi connectivity index (χ4n) is 2.62. The Bertz CT molecular complexity index is 761. The number of anilines is 1. The molecule has 0 amide bonds. The predicted molar refractivity (Wildman–Crippen MR) is 107 cm³/mol. The molecule has 0 heterocycles. The highest BCUT2D eigenvalue weighted by molar-refractivity contribution is 6.39. The van der Waals surface area contributed by atoms with Crippen LogP contribution in [-0.4, -0.2) is 40.4 Å². The molecule has 2 atom stereocenters. The molecule has 0 aliphatic carbocycles. The summed E-state index contributed by atoms with van der Waals surface area (Å²) < 4.78 is 0. The third-order valence-electron chi connectivity index (χ3n) is 4.11. The minimum Gasteiger partial charge on any atom is -0.508 e. The first kappa shape index (κ1) is 21.3. The van der Waals surface area contributed by atoms with Gasteiger partial charge in [0.2, 0.25) is 0 Å². The van der Waals surface area contributed by atoms with E-state index in [0.29, 0.717) is 34.3 Å². The Labute approximate surface area is 167 Å². The number of nitrogens with one attached hydrogen (secondary N) is 2. The lowest BCUT2D eigenvalue weighted by Crippen LogP contribution is -2.33. The van der Waals surface area contributed by atoms with Crippen molar-refractivity contribution in [2.75, 3.05) is 18.4 Å². The molecule has 2 rings (SSSR count). The lowest BCUT2D eigenvalue weighted by Gasteiger charge is -2.21. The number of phenolic OH excluding ortho intramolecular Hbond substituents is 1. The lowest BCUT2D eigenvalue weighted by molar-refractivity contribution is -0.134. The van der Waals surface area contributed by atoms with Gasteiger partial charge in [-0.05, 0) is 55.3 Å². The van der Waals surface area contributed by atoms with Crippen LogP contribution in [0.4, 0.5) is 5.69 Å². The number of hydrogen-bond acceptors (Lipinski definition) is 5. The number of rotatable bonds is 9. The van der Waals surface area contributed by atoms with E-state index in [1.807, 2.05) is 6.92 Å². The monoisotopic (exact) mass is 412 g/mol. The van der Waals surface area contributed by atoms with E-state index in [9.17, 15) is 15.0 Å². The fourth-order valence-corrected chi connectivity index (χ4v) is 3.28. The van der Waals surface area contributed by atoms with Gasteiger partial charge in [0.25, 0.3) is 0 Å². The summed E-state index contributed by atoms with van der Waals surface area (Å²) in [6.45, 7) is 2.19. The molecule has 0 radical (unpaired) electrons. The Balaban J connectivity index is 1.90. The Morgan fingerprint density at radius 1 is 1.15 bits per heavy atom.